The third kappa shape index (κ3) is 4.98. The lowest BCUT2D eigenvalue weighted by molar-refractivity contribution is -0.122. The maximum Gasteiger partial charge on any atom is 0.418 e. The molecule has 1 aliphatic heterocycles. The Labute approximate surface area is 192 Å². The van der Waals surface area contributed by atoms with Gasteiger partial charge in [0, 0.05) is 17.1 Å². The number of para-hydroxylation sites is 1. The highest BCUT2D eigenvalue weighted by atomic mass is 16.5. The minimum absolute atomic E-state index is 0.165. The highest BCUT2D eigenvalue weighted by molar-refractivity contribution is 6.08. The van der Waals surface area contributed by atoms with E-state index in [1.807, 2.05) is 68.4 Å². The molecule has 0 spiro atoms. The standard InChI is InChI=1S/C26H27N3O4/c1-17(2)13-21-24(30)27-22(25(28-21)32-3)14-19-15-29(23-12-8-7-11-20(19)23)26(31)33-16-18-9-5-4-6-10-18/h4-12,14-15,17,21H,13,16H2,1-3H3,(H,27,30)/b22-14-/t21-/m0/s1. The summed E-state index contributed by atoms with van der Waals surface area (Å²) in [5.41, 5.74) is 2.82. The van der Waals surface area contributed by atoms with Gasteiger partial charge in [0.1, 0.15) is 18.3 Å². The molecule has 7 nitrogen and oxygen atoms in total. The largest absolute Gasteiger partial charge is 0.480 e. The number of carbonyl (C=O) groups is 2. The van der Waals surface area contributed by atoms with Gasteiger partial charge >= 0.3 is 6.09 Å². The van der Waals surface area contributed by atoms with E-state index >= 15 is 0 Å². The van der Waals surface area contributed by atoms with E-state index in [9.17, 15) is 9.59 Å². The van der Waals surface area contributed by atoms with Crippen LogP contribution in [0.15, 0.2) is 71.5 Å². The van der Waals surface area contributed by atoms with Crippen LogP contribution in [0.5, 0.6) is 0 Å². The van der Waals surface area contributed by atoms with E-state index in [1.165, 1.54) is 11.7 Å². The SMILES string of the molecule is COC1=N[C@@H](CC(C)C)C(=O)N/C1=C\c1cn(C(=O)OCc2ccccc2)c2ccccc12. The number of rotatable bonds is 5. The zero-order valence-electron chi connectivity index (χ0n) is 18.9. The Balaban J connectivity index is 1.65. The molecular formula is C26H27N3O4. The summed E-state index contributed by atoms with van der Waals surface area (Å²) in [6.07, 6.45) is 3.63. The fourth-order valence-corrected chi connectivity index (χ4v) is 3.82. The van der Waals surface area contributed by atoms with Crippen LogP contribution in [0.4, 0.5) is 4.79 Å². The van der Waals surface area contributed by atoms with Crippen LogP contribution in [0.25, 0.3) is 17.0 Å². The monoisotopic (exact) mass is 445 g/mol. The third-order valence-corrected chi connectivity index (χ3v) is 5.40. The molecule has 33 heavy (non-hydrogen) atoms. The van der Waals surface area contributed by atoms with Gasteiger partial charge in [0.15, 0.2) is 0 Å². The van der Waals surface area contributed by atoms with Gasteiger partial charge in [-0.05, 0) is 30.0 Å². The molecule has 3 aromatic rings. The van der Waals surface area contributed by atoms with Crippen LogP contribution in [0, 0.1) is 5.92 Å². The summed E-state index contributed by atoms with van der Waals surface area (Å²) in [6, 6.07) is 16.6. The third-order valence-electron chi connectivity index (χ3n) is 5.40. The Morgan fingerprint density at radius 3 is 2.61 bits per heavy atom. The first-order chi connectivity index (χ1) is 16.0. The van der Waals surface area contributed by atoms with Gasteiger partial charge in [-0.15, -0.1) is 0 Å². The number of methoxy groups -OCH3 is 1. The van der Waals surface area contributed by atoms with Crippen molar-refractivity contribution >= 4 is 34.9 Å². The van der Waals surface area contributed by atoms with Crippen LogP contribution in [0.1, 0.15) is 31.4 Å². The molecule has 0 aliphatic carbocycles. The summed E-state index contributed by atoms with van der Waals surface area (Å²) in [5, 5.41) is 3.76. The topological polar surface area (TPSA) is 81.9 Å². The molecule has 2 aromatic carbocycles. The zero-order chi connectivity index (χ0) is 23.4. The highest BCUT2D eigenvalue weighted by Gasteiger charge is 2.28. The van der Waals surface area contributed by atoms with E-state index in [0.717, 1.165) is 16.5 Å². The minimum atomic E-state index is -0.481. The summed E-state index contributed by atoms with van der Waals surface area (Å²) < 4.78 is 12.5. The summed E-state index contributed by atoms with van der Waals surface area (Å²) in [6.45, 7) is 4.27. The van der Waals surface area contributed by atoms with Crippen molar-refractivity contribution in [3.8, 4) is 0 Å². The maximum atomic E-state index is 12.9. The molecule has 1 aliphatic rings. The van der Waals surface area contributed by atoms with E-state index in [4.69, 9.17) is 9.47 Å². The second-order valence-electron chi connectivity index (χ2n) is 8.34. The van der Waals surface area contributed by atoms with Crippen molar-refractivity contribution in [2.75, 3.05) is 7.11 Å². The molecule has 1 amide bonds. The Hall–Kier alpha value is -3.87. The molecule has 170 valence electrons. The summed E-state index contributed by atoms with van der Waals surface area (Å²) in [5.74, 6) is 0.526. The number of nitrogens with one attached hydrogen (secondary N) is 1. The van der Waals surface area contributed by atoms with Gasteiger partial charge < -0.3 is 14.8 Å². The fraction of sp³-hybridized carbons (Fsp3) is 0.269. The van der Waals surface area contributed by atoms with Crippen molar-refractivity contribution in [3.63, 3.8) is 0 Å². The van der Waals surface area contributed by atoms with Crippen molar-refractivity contribution in [1.29, 1.82) is 0 Å². The lowest BCUT2D eigenvalue weighted by Crippen LogP contribution is -2.41. The molecule has 1 N–H and O–H groups in total. The van der Waals surface area contributed by atoms with Gasteiger partial charge in [-0.25, -0.2) is 9.79 Å². The molecule has 4 rings (SSSR count). The number of hydrogen-bond donors (Lipinski definition) is 1. The van der Waals surface area contributed by atoms with Crippen molar-refractivity contribution in [3.05, 3.63) is 77.6 Å². The van der Waals surface area contributed by atoms with Crippen molar-refractivity contribution < 1.29 is 19.1 Å². The molecule has 0 unspecified atom stereocenters. The first-order valence-electron chi connectivity index (χ1n) is 10.9. The molecule has 1 aromatic heterocycles. The molecule has 2 heterocycles. The van der Waals surface area contributed by atoms with Crippen LogP contribution in [-0.4, -0.2) is 35.6 Å². The first-order valence-corrected chi connectivity index (χ1v) is 10.9. The lowest BCUT2D eigenvalue weighted by Gasteiger charge is -2.23. The first kappa shape index (κ1) is 22.3. The Kier molecular flexibility index (Phi) is 6.58. The van der Waals surface area contributed by atoms with Crippen LogP contribution < -0.4 is 5.32 Å². The van der Waals surface area contributed by atoms with Crippen molar-refractivity contribution in [2.45, 2.75) is 32.9 Å². The van der Waals surface area contributed by atoms with Crippen molar-refractivity contribution in [1.82, 2.24) is 9.88 Å². The number of ether oxygens (including phenoxy) is 2. The van der Waals surface area contributed by atoms with Crippen LogP contribution in [0.2, 0.25) is 0 Å². The number of amides is 1. The van der Waals surface area contributed by atoms with E-state index in [1.54, 1.807) is 12.3 Å². The summed E-state index contributed by atoms with van der Waals surface area (Å²) >= 11 is 0. The van der Waals surface area contributed by atoms with E-state index in [-0.39, 0.29) is 12.5 Å². The number of aliphatic imine (C=N–C) groups is 1. The lowest BCUT2D eigenvalue weighted by atomic mass is 10.0. The second-order valence-corrected chi connectivity index (χ2v) is 8.34. The number of carbonyl (C=O) groups excluding carboxylic acids is 2. The minimum Gasteiger partial charge on any atom is -0.480 e. The molecule has 7 heteroatoms. The van der Waals surface area contributed by atoms with E-state index in [0.29, 0.717) is 29.5 Å². The second kappa shape index (κ2) is 9.73. The predicted octanol–water partition coefficient (Wildman–Crippen LogP) is 4.76. The summed E-state index contributed by atoms with van der Waals surface area (Å²) in [4.78, 5) is 30.0. The highest BCUT2D eigenvalue weighted by Crippen LogP contribution is 2.25. The molecule has 0 radical (unpaired) electrons. The quantitative estimate of drug-likeness (QED) is 0.614. The summed E-state index contributed by atoms with van der Waals surface area (Å²) in [7, 11) is 1.53. The van der Waals surface area contributed by atoms with Crippen LogP contribution in [0.3, 0.4) is 0 Å². The van der Waals surface area contributed by atoms with Gasteiger partial charge in [0.25, 0.3) is 0 Å². The van der Waals surface area contributed by atoms with Crippen LogP contribution >= 0.6 is 0 Å². The number of fused-ring (bicyclic) bond motifs is 1. The van der Waals surface area contributed by atoms with Gasteiger partial charge in [-0.1, -0.05) is 62.4 Å². The predicted molar refractivity (Wildman–Crippen MR) is 128 cm³/mol. The smallest absolute Gasteiger partial charge is 0.418 e. The molecule has 0 saturated carbocycles. The Morgan fingerprint density at radius 2 is 1.88 bits per heavy atom. The number of benzene rings is 2. The Morgan fingerprint density at radius 1 is 1.15 bits per heavy atom. The number of hydrogen-bond acceptors (Lipinski definition) is 5. The normalized spacial score (nSPS) is 17.2. The van der Waals surface area contributed by atoms with Gasteiger partial charge in [-0.3, -0.25) is 9.36 Å². The molecule has 0 fully saturated rings. The maximum absolute atomic E-state index is 12.9. The molecular weight excluding hydrogens is 418 g/mol. The van der Waals surface area contributed by atoms with E-state index < -0.39 is 12.1 Å². The van der Waals surface area contributed by atoms with E-state index in [2.05, 4.69) is 10.3 Å². The number of aromatic nitrogens is 1. The zero-order valence-corrected chi connectivity index (χ0v) is 18.9. The average Bonchev–Trinajstić information content (AvgIpc) is 3.18. The van der Waals surface area contributed by atoms with Crippen LogP contribution in [-0.2, 0) is 20.9 Å². The van der Waals surface area contributed by atoms with Crippen molar-refractivity contribution in [2.24, 2.45) is 10.9 Å². The molecule has 0 bridgehead atoms. The van der Waals surface area contributed by atoms with Gasteiger partial charge in [0.05, 0.1) is 12.6 Å². The fourth-order valence-electron chi connectivity index (χ4n) is 3.82. The molecule has 1 atom stereocenters. The Bertz CT molecular complexity index is 1220. The molecule has 0 saturated heterocycles. The number of nitrogens with zero attached hydrogens (tertiary/aromatic N) is 2. The van der Waals surface area contributed by atoms with Gasteiger partial charge in [-0.2, -0.15) is 0 Å². The van der Waals surface area contributed by atoms with Gasteiger partial charge in [0.2, 0.25) is 11.8 Å². The average molecular weight is 446 g/mol.